The number of alkyl carbamates (subject to hydrolysis) is 1. The van der Waals surface area contributed by atoms with Crippen molar-refractivity contribution in [3.05, 3.63) is 71.8 Å². The maximum Gasteiger partial charge on any atom is 0.407 e. The highest BCUT2D eigenvalue weighted by molar-refractivity contribution is 5.68. The molecule has 4 heteroatoms. The molecule has 0 aromatic heterocycles. The van der Waals surface area contributed by atoms with E-state index < -0.39 is 17.8 Å². The summed E-state index contributed by atoms with van der Waals surface area (Å²) in [6.07, 6.45) is 0.948. The number of hydrogen-bond donors (Lipinski definition) is 2. The fourth-order valence-corrected chi connectivity index (χ4v) is 3.21. The Bertz CT molecular complexity index is 710. The Morgan fingerprint density at radius 3 is 1.96 bits per heavy atom. The molecule has 0 radical (unpaired) electrons. The molecule has 2 aromatic rings. The number of nitrogens with one attached hydrogen (secondary N) is 1. The van der Waals surface area contributed by atoms with Crippen molar-refractivity contribution >= 4 is 6.09 Å². The maximum absolute atomic E-state index is 12.3. The van der Waals surface area contributed by atoms with Gasteiger partial charge in [0.2, 0.25) is 0 Å². The number of ether oxygens (including phenoxy) is 1. The van der Waals surface area contributed by atoms with Crippen molar-refractivity contribution in [3.8, 4) is 0 Å². The first-order chi connectivity index (χ1) is 13.2. The normalized spacial score (nSPS) is 14.8. The summed E-state index contributed by atoms with van der Waals surface area (Å²) in [6.45, 7) is 7.57. The lowest BCUT2D eigenvalue weighted by molar-refractivity contribution is 0.0461. The van der Waals surface area contributed by atoms with E-state index in [-0.39, 0.29) is 12.0 Å². The minimum atomic E-state index is -0.555. The smallest absolute Gasteiger partial charge is 0.407 e. The van der Waals surface area contributed by atoms with Crippen molar-refractivity contribution in [1.29, 1.82) is 0 Å². The molecule has 2 N–H and O–H groups in total. The molecule has 0 heterocycles. The van der Waals surface area contributed by atoms with Gasteiger partial charge in [-0.1, -0.05) is 67.6 Å². The van der Waals surface area contributed by atoms with Gasteiger partial charge < -0.3 is 15.2 Å². The molecule has 3 atom stereocenters. The molecule has 2 aromatic carbocycles. The SMILES string of the molecule is C[C@@H](Cc1ccccc1)[C@@H](O)C[C@H](Cc1ccccc1)NC(=O)OC(C)(C)C. The third kappa shape index (κ3) is 8.13. The third-order valence-electron chi connectivity index (χ3n) is 4.63. The standard InChI is InChI=1S/C24H33NO3/c1-18(15-19-11-7-5-8-12-19)22(26)17-21(16-20-13-9-6-10-14-20)25-23(27)28-24(2,3)4/h5-14,18,21-22,26H,15-17H2,1-4H3,(H,25,27)/t18-,21-,22-/m0/s1. The summed E-state index contributed by atoms with van der Waals surface area (Å²) in [5.41, 5.74) is 1.76. The van der Waals surface area contributed by atoms with Gasteiger partial charge in [0.1, 0.15) is 5.60 Å². The Morgan fingerprint density at radius 1 is 0.964 bits per heavy atom. The lowest BCUT2D eigenvalue weighted by atomic mass is 9.90. The second-order valence-corrected chi connectivity index (χ2v) is 8.50. The van der Waals surface area contributed by atoms with Crippen molar-refractivity contribution in [2.24, 2.45) is 5.92 Å². The molecule has 2 rings (SSSR count). The van der Waals surface area contributed by atoms with Crippen LogP contribution in [0.4, 0.5) is 4.79 Å². The Hall–Kier alpha value is -2.33. The van der Waals surface area contributed by atoms with E-state index in [2.05, 4.69) is 17.4 Å². The van der Waals surface area contributed by atoms with E-state index in [1.54, 1.807) is 0 Å². The van der Waals surface area contributed by atoms with Crippen LogP contribution in [0, 0.1) is 5.92 Å². The highest BCUT2D eigenvalue weighted by Gasteiger charge is 2.24. The van der Waals surface area contributed by atoms with Gasteiger partial charge in [-0.25, -0.2) is 4.79 Å². The molecular formula is C24H33NO3. The summed E-state index contributed by atoms with van der Waals surface area (Å²) in [5.74, 6) is 0.0844. The number of carbonyl (C=O) groups excluding carboxylic acids is 1. The summed E-state index contributed by atoms with van der Waals surface area (Å²) >= 11 is 0. The van der Waals surface area contributed by atoms with E-state index >= 15 is 0 Å². The summed E-state index contributed by atoms with van der Waals surface area (Å²) in [7, 11) is 0. The molecule has 152 valence electrons. The average Bonchev–Trinajstić information content (AvgIpc) is 2.61. The van der Waals surface area contributed by atoms with E-state index in [1.807, 2.05) is 76.2 Å². The quantitative estimate of drug-likeness (QED) is 0.691. The van der Waals surface area contributed by atoms with E-state index in [4.69, 9.17) is 4.74 Å². The maximum atomic E-state index is 12.3. The largest absolute Gasteiger partial charge is 0.444 e. The zero-order valence-electron chi connectivity index (χ0n) is 17.4. The average molecular weight is 384 g/mol. The van der Waals surface area contributed by atoms with Gasteiger partial charge in [0, 0.05) is 6.04 Å². The Labute approximate surface area is 168 Å². The number of aliphatic hydroxyl groups is 1. The summed E-state index contributed by atoms with van der Waals surface area (Å²) in [6, 6.07) is 19.9. The minimum absolute atomic E-state index is 0.0844. The second kappa shape index (κ2) is 10.3. The minimum Gasteiger partial charge on any atom is -0.444 e. The van der Waals surface area contributed by atoms with Crippen LogP contribution in [0.3, 0.4) is 0 Å². The van der Waals surface area contributed by atoms with Crippen LogP contribution in [-0.4, -0.2) is 28.9 Å². The van der Waals surface area contributed by atoms with Crippen LogP contribution in [0.25, 0.3) is 0 Å². The van der Waals surface area contributed by atoms with E-state index in [1.165, 1.54) is 5.56 Å². The van der Waals surface area contributed by atoms with Crippen molar-refractivity contribution in [2.75, 3.05) is 0 Å². The molecule has 4 nitrogen and oxygen atoms in total. The fraction of sp³-hybridized carbons (Fsp3) is 0.458. The van der Waals surface area contributed by atoms with Crippen LogP contribution < -0.4 is 5.32 Å². The van der Waals surface area contributed by atoms with Gasteiger partial charge in [0.15, 0.2) is 0 Å². The van der Waals surface area contributed by atoms with Gasteiger partial charge in [-0.05, 0) is 57.1 Å². The van der Waals surface area contributed by atoms with Crippen molar-refractivity contribution in [1.82, 2.24) is 5.32 Å². The predicted molar refractivity (Wildman–Crippen MR) is 113 cm³/mol. The number of carbonyl (C=O) groups is 1. The Balaban J connectivity index is 2.01. The molecule has 0 spiro atoms. The molecule has 0 aliphatic carbocycles. The van der Waals surface area contributed by atoms with E-state index in [0.717, 1.165) is 12.0 Å². The first-order valence-electron chi connectivity index (χ1n) is 9.98. The van der Waals surface area contributed by atoms with Crippen molar-refractivity contribution < 1.29 is 14.6 Å². The lowest BCUT2D eigenvalue weighted by Crippen LogP contribution is -2.42. The Morgan fingerprint density at radius 2 is 1.46 bits per heavy atom. The molecule has 0 unspecified atom stereocenters. The lowest BCUT2D eigenvalue weighted by Gasteiger charge is -2.27. The number of rotatable bonds is 8. The third-order valence-corrected chi connectivity index (χ3v) is 4.63. The topological polar surface area (TPSA) is 58.6 Å². The summed E-state index contributed by atoms with van der Waals surface area (Å²) in [4.78, 5) is 12.3. The molecule has 0 bridgehead atoms. The number of hydrogen-bond acceptors (Lipinski definition) is 3. The monoisotopic (exact) mass is 383 g/mol. The highest BCUT2D eigenvalue weighted by atomic mass is 16.6. The van der Waals surface area contributed by atoms with Gasteiger partial charge in [0.25, 0.3) is 0 Å². The zero-order valence-corrected chi connectivity index (χ0v) is 17.4. The van der Waals surface area contributed by atoms with Crippen LogP contribution in [0.15, 0.2) is 60.7 Å². The molecule has 1 amide bonds. The predicted octanol–water partition coefficient (Wildman–Crippen LogP) is 4.75. The molecule has 0 saturated heterocycles. The van der Waals surface area contributed by atoms with E-state index in [0.29, 0.717) is 12.8 Å². The van der Waals surface area contributed by atoms with Crippen LogP contribution >= 0.6 is 0 Å². The molecule has 0 saturated carbocycles. The van der Waals surface area contributed by atoms with Crippen molar-refractivity contribution in [2.45, 2.75) is 64.7 Å². The first kappa shape index (κ1) is 22.0. The molecule has 0 fully saturated rings. The number of amides is 1. The van der Waals surface area contributed by atoms with Crippen LogP contribution in [0.2, 0.25) is 0 Å². The van der Waals surface area contributed by atoms with Gasteiger partial charge in [-0.2, -0.15) is 0 Å². The molecular weight excluding hydrogens is 350 g/mol. The molecule has 28 heavy (non-hydrogen) atoms. The Kier molecular flexibility index (Phi) is 8.06. The van der Waals surface area contributed by atoms with E-state index in [9.17, 15) is 9.90 Å². The van der Waals surface area contributed by atoms with Gasteiger partial charge >= 0.3 is 6.09 Å². The van der Waals surface area contributed by atoms with Crippen LogP contribution in [0.5, 0.6) is 0 Å². The summed E-state index contributed by atoms with van der Waals surface area (Å²) < 4.78 is 5.41. The fourth-order valence-electron chi connectivity index (χ4n) is 3.21. The highest BCUT2D eigenvalue weighted by Crippen LogP contribution is 2.18. The van der Waals surface area contributed by atoms with Gasteiger partial charge in [-0.3, -0.25) is 0 Å². The van der Waals surface area contributed by atoms with Crippen LogP contribution in [0.1, 0.15) is 45.2 Å². The molecule has 0 aliphatic heterocycles. The zero-order chi connectivity index (χ0) is 20.6. The van der Waals surface area contributed by atoms with Crippen LogP contribution in [-0.2, 0) is 17.6 Å². The number of aliphatic hydroxyl groups excluding tert-OH is 1. The summed E-state index contributed by atoms with van der Waals surface area (Å²) in [5, 5.41) is 13.7. The number of benzene rings is 2. The molecule has 0 aliphatic rings. The first-order valence-corrected chi connectivity index (χ1v) is 9.98. The second-order valence-electron chi connectivity index (χ2n) is 8.50. The van der Waals surface area contributed by atoms with Crippen molar-refractivity contribution in [3.63, 3.8) is 0 Å². The van der Waals surface area contributed by atoms with Gasteiger partial charge in [-0.15, -0.1) is 0 Å². The van der Waals surface area contributed by atoms with Gasteiger partial charge in [0.05, 0.1) is 6.10 Å².